The zero-order valence-electron chi connectivity index (χ0n) is 14.0. The van der Waals surface area contributed by atoms with Crippen molar-refractivity contribution in [3.8, 4) is 11.5 Å². The smallest absolute Gasteiger partial charge is 0.319 e. The average Bonchev–Trinajstić information content (AvgIpc) is 2.64. The van der Waals surface area contributed by atoms with Crippen LogP contribution in [0.1, 0.15) is 5.69 Å². The highest BCUT2D eigenvalue weighted by Gasteiger charge is 2.08. The van der Waals surface area contributed by atoms with Crippen LogP contribution < -0.4 is 15.4 Å². The number of pyridine rings is 1. The van der Waals surface area contributed by atoms with Gasteiger partial charge in [-0.15, -0.1) is 0 Å². The molecule has 3 aromatic rings. The Morgan fingerprint density at radius 1 is 1.04 bits per heavy atom. The summed E-state index contributed by atoms with van der Waals surface area (Å²) in [5.74, 6) is 0.396. The van der Waals surface area contributed by atoms with Crippen LogP contribution in [0.5, 0.6) is 11.5 Å². The summed E-state index contributed by atoms with van der Waals surface area (Å²) in [4.78, 5) is 16.3. The fourth-order valence-corrected chi connectivity index (χ4v) is 2.33. The molecular weight excluding hydrogens is 333 g/mol. The molecule has 0 aliphatic carbocycles. The number of anilines is 1. The molecule has 0 atom stereocenters. The lowest BCUT2D eigenvalue weighted by molar-refractivity contribution is 0.252. The predicted molar refractivity (Wildman–Crippen MR) is 97.9 cm³/mol. The van der Waals surface area contributed by atoms with E-state index in [9.17, 15) is 9.18 Å². The lowest BCUT2D eigenvalue weighted by Gasteiger charge is -2.13. The molecule has 0 saturated carbocycles. The number of ether oxygens (including phenoxy) is 1. The van der Waals surface area contributed by atoms with Gasteiger partial charge >= 0.3 is 6.03 Å². The number of nitrogens with zero attached hydrogens (tertiary/aromatic N) is 1. The number of benzene rings is 2. The van der Waals surface area contributed by atoms with Crippen molar-refractivity contribution in [2.24, 2.45) is 0 Å². The first-order chi connectivity index (χ1) is 12.7. The SMILES string of the molecule is O=C(NCCc1ccccn1)Nc1ccccc1Oc1cccc(F)c1. The molecule has 0 aliphatic heterocycles. The molecule has 26 heavy (non-hydrogen) atoms. The lowest BCUT2D eigenvalue weighted by Crippen LogP contribution is -2.30. The van der Waals surface area contributed by atoms with Crippen LogP contribution >= 0.6 is 0 Å². The first-order valence-corrected chi connectivity index (χ1v) is 8.18. The van der Waals surface area contributed by atoms with Crippen molar-refractivity contribution < 1.29 is 13.9 Å². The van der Waals surface area contributed by atoms with E-state index in [1.165, 1.54) is 12.1 Å². The Hall–Kier alpha value is -3.41. The molecule has 0 aliphatic rings. The number of aromatic nitrogens is 1. The Labute approximate surface area is 150 Å². The molecule has 132 valence electrons. The summed E-state index contributed by atoms with van der Waals surface area (Å²) in [5, 5.41) is 5.52. The summed E-state index contributed by atoms with van der Waals surface area (Å²) in [5.41, 5.74) is 1.40. The number of rotatable bonds is 6. The van der Waals surface area contributed by atoms with Crippen molar-refractivity contribution in [3.05, 3.63) is 84.4 Å². The minimum absolute atomic E-state index is 0.351. The molecule has 3 rings (SSSR count). The van der Waals surface area contributed by atoms with Crippen LogP contribution in [-0.4, -0.2) is 17.6 Å². The second-order valence-electron chi connectivity index (χ2n) is 5.51. The van der Waals surface area contributed by atoms with Gasteiger partial charge in [0.15, 0.2) is 5.75 Å². The third-order valence-corrected chi connectivity index (χ3v) is 3.55. The van der Waals surface area contributed by atoms with E-state index in [1.807, 2.05) is 18.2 Å². The van der Waals surface area contributed by atoms with E-state index >= 15 is 0 Å². The van der Waals surface area contributed by atoms with E-state index in [0.29, 0.717) is 30.2 Å². The topological polar surface area (TPSA) is 63.2 Å². The molecule has 2 amide bonds. The number of halogens is 1. The predicted octanol–water partition coefficient (Wildman–Crippen LogP) is 4.38. The van der Waals surface area contributed by atoms with E-state index in [0.717, 1.165) is 5.69 Å². The van der Waals surface area contributed by atoms with Crippen molar-refractivity contribution in [2.45, 2.75) is 6.42 Å². The summed E-state index contributed by atoms with van der Waals surface area (Å²) < 4.78 is 19.0. The maximum absolute atomic E-state index is 13.3. The maximum Gasteiger partial charge on any atom is 0.319 e. The normalized spacial score (nSPS) is 10.2. The number of hydrogen-bond donors (Lipinski definition) is 2. The van der Waals surface area contributed by atoms with Gasteiger partial charge in [0.25, 0.3) is 0 Å². The molecule has 0 spiro atoms. The number of para-hydroxylation sites is 2. The molecule has 5 nitrogen and oxygen atoms in total. The molecular formula is C20H18FN3O2. The van der Waals surface area contributed by atoms with Crippen molar-refractivity contribution in [1.82, 2.24) is 10.3 Å². The summed E-state index contributed by atoms with van der Waals surface area (Å²) >= 11 is 0. The monoisotopic (exact) mass is 351 g/mol. The Kier molecular flexibility index (Phi) is 5.77. The van der Waals surface area contributed by atoms with Crippen LogP contribution in [0.3, 0.4) is 0 Å². The van der Waals surface area contributed by atoms with E-state index in [-0.39, 0.29) is 11.8 Å². The summed E-state index contributed by atoms with van der Waals surface area (Å²) in [6.45, 7) is 0.454. The van der Waals surface area contributed by atoms with Gasteiger partial charge in [0.2, 0.25) is 0 Å². The minimum atomic E-state index is -0.389. The summed E-state index contributed by atoms with van der Waals surface area (Å²) in [7, 11) is 0. The highest BCUT2D eigenvalue weighted by molar-refractivity contribution is 5.90. The van der Waals surface area contributed by atoms with Crippen LogP contribution in [0.25, 0.3) is 0 Å². The van der Waals surface area contributed by atoms with Gasteiger partial charge in [-0.25, -0.2) is 9.18 Å². The molecule has 0 bridgehead atoms. The molecule has 1 heterocycles. The van der Waals surface area contributed by atoms with Gasteiger partial charge in [-0.1, -0.05) is 24.3 Å². The summed E-state index contributed by atoms with van der Waals surface area (Å²) in [6.07, 6.45) is 2.35. The van der Waals surface area contributed by atoms with Gasteiger partial charge in [0, 0.05) is 30.9 Å². The number of carbonyl (C=O) groups is 1. The van der Waals surface area contributed by atoms with Crippen LogP contribution in [0.4, 0.5) is 14.9 Å². The number of nitrogens with one attached hydrogen (secondary N) is 2. The van der Waals surface area contributed by atoms with Gasteiger partial charge in [-0.2, -0.15) is 0 Å². The van der Waals surface area contributed by atoms with Crippen LogP contribution in [-0.2, 0) is 6.42 Å². The Bertz CT molecular complexity index is 872. The lowest BCUT2D eigenvalue weighted by atomic mass is 10.2. The van der Waals surface area contributed by atoms with Crippen molar-refractivity contribution in [1.29, 1.82) is 0 Å². The number of amides is 2. The fraction of sp³-hybridized carbons (Fsp3) is 0.100. The zero-order chi connectivity index (χ0) is 18.2. The van der Waals surface area contributed by atoms with Crippen molar-refractivity contribution >= 4 is 11.7 Å². The maximum atomic E-state index is 13.3. The molecule has 6 heteroatoms. The second kappa shape index (κ2) is 8.62. The van der Waals surface area contributed by atoms with Gasteiger partial charge in [0.05, 0.1) is 5.69 Å². The molecule has 0 radical (unpaired) electrons. The molecule has 2 aromatic carbocycles. The minimum Gasteiger partial charge on any atom is -0.455 e. The second-order valence-corrected chi connectivity index (χ2v) is 5.51. The highest BCUT2D eigenvalue weighted by Crippen LogP contribution is 2.29. The van der Waals surface area contributed by atoms with Gasteiger partial charge < -0.3 is 15.4 Å². The number of urea groups is 1. The van der Waals surface area contributed by atoms with Crippen LogP contribution in [0, 0.1) is 5.82 Å². The standard InChI is InChI=1S/C20H18FN3O2/c21-15-6-5-8-17(14-15)26-19-10-2-1-9-18(19)24-20(25)23-13-11-16-7-3-4-12-22-16/h1-10,12,14H,11,13H2,(H2,23,24,25). The van der Waals surface area contributed by atoms with E-state index in [2.05, 4.69) is 15.6 Å². The zero-order valence-corrected chi connectivity index (χ0v) is 14.0. The van der Waals surface area contributed by atoms with E-state index in [1.54, 1.807) is 42.6 Å². The van der Waals surface area contributed by atoms with Crippen molar-refractivity contribution in [3.63, 3.8) is 0 Å². The Morgan fingerprint density at radius 3 is 2.69 bits per heavy atom. The number of hydrogen-bond acceptors (Lipinski definition) is 3. The Morgan fingerprint density at radius 2 is 1.88 bits per heavy atom. The largest absolute Gasteiger partial charge is 0.455 e. The fourth-order valence-electron chi connectivity index (χ4n) is 2.33. The first kappa shape index (κ1) is 17.4. The first-order valence-electron chi connectivity index (χ1n) is 8.18. The molecule has 0 fully saturated rings. The van der Waals surface area contributed by atoms with Gasteiger partial charge in [-0.05, 0) is 36.4 Å². The highest BCUT2D eigenvalue weighted by atomic mass is 19.1. The van der Waals surface area contributed by atoms with E-state index < -0.39 is 0 Å². The number of carbonyl (C=O) groups excluding carboxylic acids is 1. The van der Waals surface area contributed by atoms with Crippen molar-refractivity contribution in [2.75, 3.05) is 11.9 Å². The molecule has 1 aromatic heterocycles. The van der Waals surface area contributed by atoms with Gasteiger partial charge in [-0.3, -0.25) is 4.98 Å². The quantitative estimate of drug-likeness (QED) is 0.693. The van der Waals surface area contributed by atoms with Crippen LogP contribution in [0.15, 0.2) is 72.9 Å². The molecule has 2 N–H and O–H groups in total. The van der Waals surface area contributed by atoms with E-state index in [4.69, 9.17) is 4.74 Å². The average molecular weight is 351 g/mol. The summed E-state index contributed by atoms with van der Waals surface area (Å²) in [6, 6.07) is 18.1. The van der Waals surface area contributed by atoms with Gasteiger partial charge in [0.1, 0.15) is 11.6 Å². The molecule has 0 saturated heterocycles. The Balaban J connectivity index is 1.58. The third-order valence-electron chi connectivity index (χ3n) is 3.55. The third kappa shape index (κ3) is 5.04. The van der Waals surface area contributed by atoms with Crippen LogP contribution in [0.2, 0.25) is 0 Å². The molecule has 0 unspecified atom stereocenters.